The summed E-state index contributed by atoms with van der Waals surface area (Å²) in [6.07, 6.45) is 0. The van der Waals surface area contributed by atoms with E-state index in [9.17, 15) is 0 Å². The molecule has 0 saturated carbocycles. The van der Waals surface area contributed by atoms with Gasteiger partial charge in [0.05, 0.1) is 11.1 Å². The van der Waals surface area contributed by atoms with Gasteiger partial charge in [-0.05, 0) is 107 Å². The summed E-state index contributed by atoms with van der Waals surface area (Å²) in [5.41, 5.74) is 15.2. The average molecular weight is 680 g/mol. The maximum absolute atomic E-state index is 6.66. The predicted molar refractivity (Wildman–Crippen MR) is 219 cm³/mol. The van der Waals surface area contributed by atoms with Crippen LogP contribution in [0.2, 0.25) is 0 Å². The topological polar surface area (TPSA) is 29.5 Å². The largest absolute Gasteiger partial charge is 0.456 e. The molecule has 1 aliphatic carbocycles. The highest BCUT2D eigenvalue weighted by molar-refractivity contribution is 6.14. The number of hydrogen-bond donors (Lipinski definition) is 0. The predicted octanol–water partition coefficient (Wildman–Crippen LogP) is 14.0. The normalized spacial score (nSPS) is 13.2. The van der Waals surface area contributed by atoms with Crippen LogP contribution >= 0.6 is 0 Å². The third-order valence-corrected chi connectivity index (χ3v) is 11.4. The van der Waals surface area contributed by atoms with Gasteiger partial charge in [-0.2, -0.15) is 0 Å². The second-order valence-electron chi connectivity index (χ2n) is 14.2. The first-order valence-electron chi connectivity index (χ1n) is 18.2. The van der Waals surface area contributed by atoms with Crippen LogP contribution in [0.3, 0.4) is 0 Å². The number of fused-ring (bicyclic) bond motifs is 9. The Kier molecular flexibility index (Phi) is 6.38. The third kappa shape index (κ3) is 4.41. The third-order valence-electron chi connectivity index (χ3n) is 11.4. The molecule has 11 rings (SSSR count). The number of rotatable bonds is 5. The van der Waals surface area contributed by atoms with Gasteiger partial charge >= 0.3 is 0 Å². The number of para-hydroxylation sites is 1. The lowest BCUT2D eigenvalue weighted by Gasteiger charge is -2.28. The van der Waals surface area contributed by atoms with Crippen molar-refractivity contribution in [2.75, 3.05) is 4.90 Å². The Bertz CT molecular complexity index is 2980. The van der Waals surface area contributed by atoms with Crippen LogP contribution in [0.5, 0.6) is 0 Å². The minimum absolute atomic E-state index is 0.319. The maximum atomic E-state index is 6.66. The lowest BCUT2D eigenvalue weighted by molar-refractivity contribution is 0.667. The van der Waals surface area contributed by atoms with E-state index in [1.165, 1.54) is 38.9 Å². The standard InChI is InChI=1S/C50H33NO2/c1-50(42-17-8-5-14-37(42)38-15-6-9-18-43(38)50)34-24-28-47-41(30-34)49-44(19-11-21-48(49)53-47)51(35-25-22-33(23-26-35)32-12-3-2-4-13-32)36-27-29-46-40(31-36)39-16-7-10-20-45(39)52-46/h2-31H,1H3. The summed E-state index contributed by atoms with van der Waals surface area (Å²) >= 11 is 0. The Balaban J connectivity index is 1.15. The van der Waals surface area contributed by atoms with Crippen LogP contribution in [0.15, 0.2) is 191 Å². The van der Waals surface area contributed by atoms with Gasteiger partial charge in [-0.1, -0.05) is 121 Å². The van der Waals surface area contributed by atoms with Crippen LogP contribution in [-0.2, 0) is 5.41 Å². The van der Waals surface area contributed by atoms with Gasteiger partial charge < -0.3 is 13.7 Å². The first-order valence-corrected chi connectivity index (χ1v) is 18.2. The smallest absolute Gasteiger partial charge is 0.137 e. The molecule has 8 aromatic carbocycles. The first kappa shape index (κ1) is 29.8. The number of benzene rings is 8. The van der Waals surface area contributed by atoms with Gasteiger partial charge in [-0.3, -0.25) is 0 Å². The van der Waals surface area contributed by atoms with E-state index in [-0.39, 0.29) is 5.41 Å². The molecule has 2 heterocycles. The highest BCUT2D eigenvalue weighted by Gasteiger charge is 2.40. The molecule has 0 unspecified atom stereocenters. The Morgan fingerprint density at radius 3 is 1.79 bits per heavy atom. The quantitative estimate of drug-likeness (QED) is 0.181. The van der Waals surface area contributed by atoms with Gasteiger partial charge in [0.15, 0.2) is 0 Å². The first-order chi connectivity index (χ1) is 26.1. The van der Waals surface area contributed by atoms with Crippen molar-refractivity contribution in [2.45, 2.75) is 12.3 Å². The Hall–Kier alpha value is -6.84. The fourth-order valence-corrected chi connectivity index (χ4v) is 8.78. The van der Waals surface area contributed by atoms with Crippen LogP contribution < -0.4 is 4.90 Å². The summed E-state index contributed by atoms with van der Waals surface area (Å²) in [6, 6.07) is 65.1. The Labute approximate surface area is 307 Å². The van der Waals surface area contributed by atoms with Gasteiger partial charge in [0, 0.05) is 32.9 Å². The van der Waals surface area contributed by atoms with E-state index in [2.05, 4.69) is 182 Å². The molecule has 0 saturated heterocycles. The van der Waals surface area contributed by atoms with Crippen molar-refractivity contribution in [3.63, 3.8) is 0 Å². The minimum atomic E-state index is -0.319. The molecule has 0 radical (unpaired) electrons. The molecule has 0 spiro atoms. The molecule has 3 nitrogen and oxygen atoms in total. The summed E-state index contributed by atoms with van der Waals surface area (Å²) in [4.78, 5) is 2.36. The molecule has 3 heteroatoms. The van der Waals surface area contributed by atoms with Crippen LogP contribution in [-0.4, -0.2) is 0 Å². The van der Waals surface area contributed by atoms with E-state index >= 15 is 0 Å². The van der Waals surface area contributed by atoms with Crippen molar-refractivity contribution in [3.8, 4) is 22.3 Å². The van der Waals surface area contributed by atoms with Gasteiger partial charge in [0.1, 0.15) is 22.3 Å². The lowest BCUT2D eigenvalue weighted by Crippen LogP contribution is -2.22. The number of anilines is 3. The molecule has 0 amide bonds. The Morgan fingerprint density at radius 2 is 1.00 bits per heavy atom. The van der Waals surface area contributed by atoms with Gasteiger partial charge in [-0.15, -0.1) is 0 Å². The molecule has 0 bridgehead atoms. The van der Waals surface area contributed by atoms with Gasteiger partial charge in [0.2, 0.25) is 0 Å². The molecular formula is C50H33NO2. The van der Waals surface area contributed by atoms with Crippen LogP contribution in [0.1, 0.15) is 23.6 Å². The number of hydrogen-bond acceptors (Lipinski definition) is 3. The fraction of sp³-hybridized carbons (Fsp3) is 0.0400. The molecule has 1 aliphatic rings. The molecule has 0 atom stereocenters. The summed E-state index contributed by atoms with van der Waals surface area (Å²) in [6.45, 7) is 2.37. The Morgan fingerprint density at radius 1 is 0.415 bits per heavy atom. The van der Waals surface area contributed by atoms with Crippen molar-refractivity contribution >= 4 is 60.9 Å². The average Bonchev–Trinajstić information content (AvgIpc) is 3.87. The van der Waals surface area contributed by atoms with Crippen LogP contribution in [0, 0.1) is 0 Å². The maximum Gasteiger partial charge on any atom is 0.137 e. The van der Waals surface area contributed by atoms with E-state index in [4.69, 9.17) is 8.83 Å². The monoisotopic (exact) mass is 679 g/mol. The van der Waals surface area contributed by atoms with Gasteiger partial charge in [0.25, 0.3) is 0 Å². The second kappa shape index (κ2) is 11.3. The number of nitrogens with zero attached hydrogens (tertiary/aromatic N) is 1. The molecule has 0 N–H and O–H groups in total. The molecular weight excluding hydrogens is 647 g/mol. The molecule has 0 fully saturated rings. The van der Waals surface area contributed by atoms with Crippen molar-refractivity contribution in [2.24, 2.45) is 0 Å². The zero-order valence-corrected chi connectivity index (χ0v) is 29.1. The van der Waals surface area contributed by atoms with Gasteiger partial charge in [-0.25, -0.2) is 0 Å². The highest BCUT2D eigenvalue weighted by Crippen LogP contribution is 2.53. The molecule has 2 aromatic heterocycles. The van der Waals surface area contributed by atoms with Crippen molar-refractivity contribution < 1.29 is 8.83 Å². The van der Waals surface area contributed by atoms with Crippen LogP contribution in [0.4, 0.5) is 17.1 Å². The van der Waals surface area contributed by atoms with Crippen molar-refractivity contribution in [1.82, 2.24) is 0 Å². The van der Waals surface area contributed by atoms with E-state index in [1.807, 2.05) is 12.1 Å². The zero-order valence-electron chi connectivity index (χ0n) is 29.1. The molecule has 0 aliphatic heterocycles. The lowest BCUT2D eigenvalue weighted by atomic mass is 9.74. The van der Waals surface area contributed by atoms with Crippen LogP contribution in [0.25, 0.3) is 66.1 Å². The summed E-state index contributed by atoms with van der Waals surface area (Å²) < 4.78 is 12.9. The van der Waals surface area contributed by atoms with E-state index in [1.54, 1.807) is 0 Å². The molecule has 250 valence electrons. The minimum Gasteiger partial charge on any atom is -0.456 e. The van der Waals surface area contributed by atoms with Crippen molar-refractivity contribution in [1.29, 1.82) is 0 Å². The summed E-state index contributed by atoms with van der Waals surface area (Å²) in [5, 5.41) is 4.36. The summed E-state index contributed by atoms with van der Waals surface area (Å²) in [7, 11) is 0. The fourth-order valence-electron chi connectivity index (χ4n) is 8.78. The number of furan rings is 2. The zero-order chi connectivity index (χ0) is 35.1. The van der Waals surface area contributed by atoms with E-state index in [0.717, 1.165) is 60.9 Å². The SMILES string of the molecule is CC1(c2ccc3oc4cccc(N(c5ccc(-c6ccccc6)cc5)c5ccc6oc7ccccc7c6c5)c4c3c2)c2ccccc2-c2ccccc21. The second-order valence-corrected chi connectivity index (χ2v) is 14.2. The van der Waals surface area contributed by atoms with Crippen molar-refractivity contribution in [3.05, 3.63) is 199 Å². The molecule has 10 aromatic rings. The van der Waals surface area contributed by atoms with E-state index in [0.29, 0.717) is 0 Å². The highest BCUT2D eigenvalue weighted by atomic mass is 16.3. The summed E-state index contributed by atoms with van der Waals surface area (Å²) in [5.74, 6) is 0. The molecule has 53 heavy (non-hydrogen) atoms. The van der Waals surface area contributed by atoms with E-state index < -0.39 is 0 Å².